The van der Waals surface area contributed by atoms with E-state index < -0.39 is 0 Å². The van der Waals surface area contributed by atoms with Crippen LogP contribution in [-0.2, 0) is 9.53 Å². The second kappa shape index (κ2) is 4.73. The Kier molecular flexibility index (Phi) is 2.92. The highest BCUT2D eigenvalue weighted by atomic mass is 16.5. The smallest absolute Gasteiger partial charge is 0.181 e. The lowest BCUT2D eigenvalue weighted by molar-refractivity contribution is -0.117. The zero-order valence-corrected chi connectivity index (χ0v) is 10.7. The normalized spacial score (nSPS) is 18.2. The highest BCUT2D eigenvalue weighted by Crippen LogP contribution is 2.44. The summed E-state index contributed by atoms with van der Waals surface area (Å²) in [5.41, 5.74) is 2.62. The molecule has 2 heteroatoms. The third kappa shape index (κ3) is 1.85. The first kappa shape index (κ1) is 11.7. The Morgan fingerprint density at radius 1 is 0.895 bits per heavy atom. The second-order valence-electron chi connectivity index (χ2n) is 4.52. The number of benzene rings is 2. The van der Waals surface area contributed by atoms with Crippen molar-refractivity contribution in [3.05, 3.63) is 77.5 Å². The molecule has 0 N–H and O–H groups in total. The minimum absolute atomic E-state index is 0.134. The van der Waals surface area contributed by atoms with Gasteiger partial charge in [-0.1, -0.05) is 60.7 Å². The fourth-order valence-electron chi connectivity index (χ4n) is 2.51. The molecule has 0 heterocycles. The van der Waals surface area contributed by atoms with Crippen LogP contribution in [-0.4, -0.2) is 12.9 Å². The molecule has 2 aromatic carbocycles. The molecule has 1 atom stereocenters. The van der Waals surface area contributed by atoms with Crippen LogP contribution in [0.15, 0.2) is 66.4 Å². The van der Waals surface area contributed by atoms with E-state index in [1.54, 1.807) is 7.11 Å². The molecule has 0 spiro atoms. The van der Waals surface area contributed by atoms with Crippen molar-refractivity contribution >= 4 is 11.4 Å². The Balaban J connectivity index is 2.05. The van der Waals surface area contributed by atoms with Crippen molar-refractivity contribution in [2.24, 2.45) is 0 Å². The monoisotopic (exact) mass is 250 g/mol. The summed E-state index contributed by atoms with van der Waals surface area (Å²) < 4.78 is 5.45. The standard InChI is InChI=1S/C17H14O2/c1-19-17-14(12-8-4-2-5-9-12)16(18)15(17)13-10-6-3-7-11-13/h2-11,14H,1H3. The average Bonchev–Trinajstić information content (AvgIpc) is 2.47. The molecular weight excluding hydrogens is 236 g/mol. The fourth-order valence-corrected chi connectivity index (χ4v) is 2.51. The van der Waals surface area contributed by atoms with Crippen molar-refractivity contribution in [3.63, 3.8) is 0 Å². The molecule has 0 bridgehead atoms. The molecule has 0 amide bonds. The topological polar surface area (TPSA) is 26.3 Å². The van der Waals surface area contributed by atoms with Gasteiger partial charge in [0.1, 0.15) is 11.7 Å². The maximum Gasteiger partial charge on any atom is 0.181 e. The predicted molar refractivity (Wildman–Crippen MR) is 74.6 cm³/mol. The summed E-state index contributed by atoms with van der Waals surface area (Å²) in [5.74, 6) is 0.651. The molecule has 2 aromatic rings. The van der Waals surface area contributed by atoms with Crippen LogP contribution < -0.4 is 0 Å². The first-order chi connectivity index (χ1) is 9.33. The van der Waals surface area contributed by atoms with Crippen LogP contribution in [0.4, 0.5) is 0 Å². The molecule has 0 fully saturated rings. The third-order valence-corrected chi connectivity index (χ3v) is 3.43. The molecule has 0 radical (unpaired) electrons. The first-order valence-electron chi connectivity index (χ1n) is 6.25. The van der Waals surface area contributed by atoms with E-state index in [2.05, 4.69) is 0 Å². The zero-order valence-electron chi connectivity index (χ0n) is 10.7. The van der Waals surface area contributed by atoms with Gasteiger partial charge in [-0.15, -0.1) is 0 Å². The Hall–Kier alpha value is -2.35. The number of hydrogen-bond donors (Lipinski definition) is 0. The Labute approximate surface area is 112 Å². The van der Waals surface area contributed by atoms with Gasteiger partial charge in [0.2, 0.25) is 0 Å². The van der Waals surface area contributed by atoms with Crippen molar-refractivity contribution < 1.29 is 9.53 Å². The van der Waals surface area contributed by atoms with Gasteiger partial charge in [0.05, 0.1) is 12.7 Å². The number of methoxy groups -OCH3 is 1. The minimum Gasteiger partial charge on any atom is -0.499 e. The minimum atomic E-state index is -0.249. The maximum atomic E-state index is 12.4. The fraction of sp³-hybridized carbons (Fsp3) is 0.118. The van der Waals surface area contributed by atoms with Gasteiger partial charge in [-0.2, -0.15) is 0 Å². The van der Waals surface area contributed by atoms with Crippen LogP contribution in [0.3, 0.4) is 0 Å². The lowest BCUT2D eigenvalue weighted by Gasteiger charge is -2.31. The van der Waals surface area contributed by atoms with Crippen molar-refractivity contribution in [1.82, 2.24) is 0 Å². The number of hydrogen-bond acceptors (Lipinski definition) is 2. The van der Waals surface area contributed by atoms with Gasteiger partial charge >= 0.3 is 0 Å². The van der Waals surface area contributed by atoms with Gasteiger partial charge < -0.3 is 4.74 Å². The molecule has 0 saturated carbocycles. The molecule has 19 heavy (non-hydrogen) atoms. The SMILES string of the molecule is COC1=C(c2ccccc2)C(=O)C1c1ccccc1. The summed E-state index contributed by atoms with van der Waals surface area (Å²) >= 11 is 0. The summed E-state index contributed by atoms with van der Waals surface area (Å²) in [6.45, 7) is 0. The summed E-state index contributed by atoms with van der Waals surface area (Å²) in [5, 5.41) is 0. The Morgan fingerprint density at radius 3 is 2.05 bits per heavy atom. The largest absolute Gasteiger partial charge is 0.499 e. The highest BCUT2D eigenvalue weighted by molar-refractivity contribution is 6.32. The molecule has 1 aliphatic carbocycles. The van der Waals surface area contributed by atoms with Gasteiger partial charge in [0.15, 0.2) is 5.78 Å². The number of Topliss-reactive ketones (excluding diaryl/α,β-unsaturated/α-hetero) is 1. The number of rotatable bonds is 3. The van der Waals surface area contributed by atoms with Gasteiger partial charge in [-0.25, -0.2) is 0 Å². The van der Waals surface area contributed by atoms with Crippen LogP contribution in [0.25, 0.3) is 5.57 Å². The zero-order chi connectivity index (χ0) is 13.2. The molecule has 0 aromatic heterocycles. The lowest BCUT2D eigenvalue weighted by atomic mass is 9.75. The summed E-state index contributed by atoms with van der Waals surface area (Å²) in [6, 6.07) is 19.4. The van der Waals surface area contributed by atoms with Crippen LogP contribution in [0.2, 0.25) is 0 Å². The van der Waals surface area contributed by atoms with Gasteiger partial charge in [-0.05, 0) is 11.1 Å². The maximum absolute atomic E-state index is 12.4. The number of allylic oxidation sites excluding steroid dienone is 2. The highest BCUT2D eigenvalue weighted by Gasteiger charge is 2.41. The lowest BCUT2D eigenvalue weighted by Crippen LogP contribution is -2.29. The van der Waals surface area contributed by atoms with Crippen molar-refractivity contribution in [3.8, 4) is 0 Å². The first-order valence-corrected chi connectivity index (χ1v) is 6.25. The van der Waals surface area contributed by atoms with Crippen LogP contribution in [0.5, 0.6) is 0 Å². The van der Waals surface area contributed by atoms with Gasteiger partial charge in [0, 0.05) is 0 Å². The predicted octanol–water partition coefficient (Wildman–Crippen LogP) is 3.41. The van der Waals surface area contributed by atoms with E-state index in [0.29, 0.717) is 5.57 Å². The van der Waals surface area contributed by atoms with E-state index in [1.807, 2.05) is 60.7 Å². The third-order valence-electron chi connectivity index (χ3n) is 3.43. The summed E-state index contributed by atoms with van der Waals surface area (Å²) in [4.78, 5) is 12.4. The number of carbonyl (C=O) groups excluding carboxylic acids is 1. The second-order valence-corrected chi connectivity index (χ2v) is 4.52. The van der Waals surface area contributed by atoms with Crippen molar-refractivity contribution in [1.29, 1.82) is 0 Å². The van der Waals surface area contributed by atoms with Crippen molar-refractivity contribution in [2.75, 3.05) is 7.11 Å². The molecule has 3 rings (SSSR count). The quantitative estimate of drug-likeness (QED) is 0.834. The van der Waals surface area contributed by atoms with E-state index in [9.17, 15) is 4.79 Å². The Bertz CT molecular complexity index is 627. The molecule has 2 nitrogen and oxygen atoms in total. The average molecular weight is 250 g/mol. The van der Waals surface area contributed by atoms with E-state index in [4.69, 9.17) is 4.74 Å². The Morgan fingerprint density at radius 2 is 1.47 bits per heavy atom. The van der Waals surface area contributed by atoms with Gasteiger partial charge in [-0.3, -0.25) is 4.79 Å². The molecule has 1 unspecified atom stereocenters. The van der Waals surface area contributed by atoms with E-state index in [-0.39, 0.29) is 11.7 Å². The summed E-state index contributed by atoms with van der Waals surface area (Å²) in [7, 11) is 1.63. The van der Waals surface area contributed by atoms with E-state index in [0.717, 1.165) is 16.9 Å². The number of carbonyl (C=O) groups is 1. The molecule has 1 aliphatic rings. The summed E-state index contributed by atoms with van der Waals surface area (Å²) in [6.07, 6.45) is 0. The van der Waals surface area contributed by atoms with Crippen LogP contribution in [0, 0.1) is 0 Å². The number of ether oxygens (including phenoxy) is 1. The number of ketones is 1. The van der Waals surface area contributed by atoms with Crippen LogP contribution in [0.1, 0.15) is 17.0 Å². The van der Waals surface area contributed by atoms with Crippen LogP contribution >= 0.6 is 0 Å². The molecule has 0 saturated heterocycles. The van der Waals surface area contributed by atoms with Crippen molar-refractivity contribution in [2.45, 2.75) is 5.92 Å². The molecule has 94 valence electrons. The molecule has 0 aliphatic heterocycles. The molecular formula is C17H14O2. The van der Waals surface area contributed by atoms with E-state index >= 15 is 0 Å². The van der Waals surface area contributed by atoms with E-state index in [1.165, 1.54) is 0 Å². The van der Waals surface area contributed by atoms with Gasteiger partial charge in [0.25, 0.3) is 0 Å².